The van der Waals surface area contributed by atoms with E-state index in [0.717, 1.165) is 29.8 Å². The molecule has 1 fully saturated rings. The zero-order valence-corrected chi connectivity index (χ0v) is 20.3. The Morgan fingerprint density at radius 1 is 0.889 bits per heavy atom. The summed E-state index contributed by atoms with van der Waals surface area (Å²) in [4.78, 5) is 32.0. The van der Waals surface area contributed by atoms with E-state index in [4.69, 9.17) is 9.72 Å². The number of likely N-dealkylation sites (tertiary alicyclic amines) is 1. The van der Waals surface area contributed by atoms with E-state index < -0.39 is 0 Å². The van der Waals surface area contributed by atoms with E-state index in [-0.39, 0.29) is 17.3 Å². The molecule has 1 aliphatic heterocycles. The zero-order chi connectivity index (χ0) is 25.0. The van der Waals surface area contributed by atoms with Gasteiger partial charge in [0.25, 0.3) is 5.91 Å². The van der Waals surface area contributed by atoms with Gasteiger partial charge in [0.05, 0.1) is 18.1 Å². The molecule has 0 aliphatic carbocycles. The third-order valence-corrected chi connectivity index (χ3v) is 7.10. The van der Waals surface area contributed by atoms with Crippen LogP contribution in [0.25, 0.3) is 0 Å². The molecule has 182 valence electrons. The fourth-order valence-electron chi connectivity index (χ4n) is 5.22. The molecule has 36 heavy (non-hydrogen) atoms. The number of methoxy groups -OCH3 is 1. The van der Waals surface area contributed by atoms with Crippen LogP contribution in [0.1, 0.15) is 50.5 Å². The standard InChI is InChI=1S/C30H29N3O3/c1-36-28(35)25-12-8-9-23(21-25)22-33-20-17-31-29(33)30(26-13-6-3-7-14-26)15-18-32(19-16-30)27(34)24-10-4-2-5-11-24/h2-14,17,20-21H,15-16,18-19,22H2,1H3. The van der Waals surface area contributed by atoms with Gasteiger partial charge >= 0.3 is 5.97 Å². The summed E-state index contributed by atoms with van der Waals surface area (Å²) in [6.07, 6.45) is 5.38. The van der Waals surface area contributed by atoms with Gasteiger partial charge < -0.3 is 14.2 Å². The maximum absolute atomic E-state index is 13.1. The summed E-state index contributed by atoms with van der Waals surface area (Å²) in [6, 6.07) is 27.4. The first-order valence-corrected chi connectivity index (χ1v) is 12.2. The van der Waals surface area contributed by atoms with Crippen molar-refractivity contribution in [2.45, 2.75) is 24.8 Å². The summed E-state index contributed by atoms with van der Waals surface area (Å²) in [5, 5.41) is 0. The third kappa shape index (κ3) is 4.54. The van der Waals surface area contributed by atoms with Crippen LogP contribution in [0.15, 0.2) is 97.3 Å². The van der Waals surface area contributed by atoms with Crippen molar-refractivity contribution < 1.29 is 14.3 Å². The number of amides is 1. The van der Waals surface area contributed by atoms with Crippen molar-refractivity contribution in [3.63, 3.8) is 0 Å². The summed E-state index contributed by atoms with van der Waals surface area (Å²) in [6.45, 7) is 1.88. The Morgan fingerprint density at radius 2 is 1.56 bits per heavy atom. The molecule has 4 aromatic rings. The van der Waals surface area contributed by atoms with Gasteiger partial charge in [0.2, 0.25) is 0 Å². The first-order valence-electron chi connectivity index (χ1n) is 12.2. The molecule has 0 spiro atoms. The highest BCUT2D eigenvalue weighted by molar-refractivity contribution is 5.94. The molecule has 0 atom stereocenters. The van der Waals surface area contributed by atoms with Crippen molar-refractivity contribution in [2.75, 3.05) is 20.2 Å². The molecule has 1 aromatic heterocycles. The van der Waals surface area contributed by atoms with Crippen LogP contribution < -0.4 is 0 Å². The van der Waals surface area contributed by atoms with Gasteiger partial charge in [-0.2, -0.15) is 0 Å². The number of hydrogen-bond acceptors (Lipinski definition) is 4. The van der Waals surface area contributed by atoms with E-state index in [1.807, 2.05) is 71.9 Å². The molecule has 0 saturated carbocycles. The number of hydrogen-bond donors (Lipinski definition) is 0. The van der Waals surface area contributed by atoms with Crippen LogP contribution in [0.3, 0.4) is 0 Å². The molecule has 0 radical (unpaired) electrons. The van der Waals surface area contributed by atoms with E-state index in [9.17, 15) is 9.59 Å². The van der Waals surface area contributed by atoms with E-state index in [1.165, 1.54) is 12.7 Å². The maximum Gasteiger partial charge on any atom is 0.337 e. The summed E-state index contributed by atoms with van der Waals surface area (Å²) < 4.78 is 7.06. The lowest BCUT2D eigenvalue weighted by atomic mass is 9.71. The number of carbonyl (C=O) groups is 2. The normalized spacial score (nSPS) is 14.9. The molecule has 5 rings (SSSR count). The predicted molar refractivity (Wildman–Crippen MR) is 138 cm³/mol. The largest absolute Gasteiger partial charge is 0.465 e. The highest BCUT2D eigenvalue weighted by atomic mass is 16.5. The van der Waals surface area contributed by atoms with Crippen LogP contribution in [0.4, 0.5) is 0 Å². The van der Waals surface area contributed by atoms with Crippen molar-refractivity contribution in [3.05, 3.63) is 125 Å². The van der Waals surface area contributed by atoms with Gasteiger partial charge in [0, 0.05) is 37.6 Å². The van der Waals surface area contributed by atoms with Crippen LogP contribution in [0.2, 0.25) is 0 Å². The van der Waals surface area contributed by atoms with E-state index in [1.54, 1.807) is 6.07 Å². The Bertz CT molecular complexity index is 1340. The molecule has 1 amide bonds. The van der Waals surface area contributed by atoms with Crippen molar-refractivity contribution in [3.8, 4) is 0 Å². The molecule has 0 N–H and O–H groups in total. The maximum atomic E-state index is 13.1. The fraction of sp³-hybridized carbons (Fsp3) is 0.233. The van der Waals surface area contributed by atoms with Crippen molar-refractivity contribution in [1.82, 2.24) is 14.5 Å². The summed E-state index contributed by atoms with van der Waals surface area (Å²) in [5.74, 6) is 0.697. The molecule has 6 heteroatoms. The average Bonchev–Trinajstić information content (AvgIpc) is 3.42. The second kappa shape index (κ2) is 10.2. The number of ether oxygens (including phenoxy) is 1. The SMILES string of the molecule is COC(=O)c1cccc(Cn2ccnc2C2(c3ccccc3)CCN(C(=O)c3ccccc3)CC2)c1. The summed E-state index contributed by atoms with van der Waals surface area (Å²) >= 11 is 0. The molecule has 0 unspecified atom stereocenters. The summed E-state index contributed by atoms with van der Waals surface area (Å²) in [7, 11) is 1.39. The first-order chi connectivity index (χ1) is 17.6. The van der Waals surface area contributed by atoms with E-state index in [2.05, 4.69) is 28.8 Å². The molecule has 6 nitrogen and oxygen atoms in total. The number of rotatable bonds is 6. The predicted octanol–water partition coefficient (Wildman–Crippen LogP) is 4.94. The van der Waals surface area contributed by atoms with Gasteiger partial charge in [-0.15, -0.1) is 0 Å². The molecule has 0 bridgehead atoms. The third-order valence-electron chi connectivity index (χ3n) is 7.10. The Balaban J connectivity index is 1.45. The number of aromatic nitrogens is 2. The Morgan fingerprint density at radius 3 is 2.25 bits per heavy atom. The van der Waals surface area contributed by atoms with Crippen molar-refractivity contribution >= 4 is 11.9 Å². The topological polar surface area (TPSA) is 64.4 Å². The highest BCUT2D eigenvalue weighted by Crippen LogP contribution is 2.41. The molecule has 3 aromatic carbocycles. The Kier molecular flexibility index (Phi) is 6.67. The lowest BCUT2D eigenvalue weighted by Crippen LogP contribution is -2.47. The van der Waals surface area contributed by atoms with Gasteiger partial charge in [-0.05, 0) is 48.2 Å². The first kappa shape index (κ1) is 23.5. The number of nitrogens with zero attached hydrogens (tertiary/aromatic N) is 3. The second-order valence-electron chi connectivity index (χ2n) is 9.18. The monoisotopic (exact) mass is 479 g/mol. The Labute approximate surface area is 211 Å². The molecule has 1 saturated heterocycles. The van der Waals surface area contributed by atoms with Crippen LogP contribution in [0, 0.1) is 0 Å². The number of piperidine rings is 1. The quantitative estimate of drug-likeness (QED) is 0.368. The lowest BCUT2D eigenvalue weighted by Gasteiger charge is -2.42. The average molecular weight is 480 g/mol. The minimum absolute atomic E-state index is 0.0697. The minimum Gasteiger partial charge on any atom is -0.465 e. The van der Waals surface area contributed by atoms with Crippen LogP contribution >= 0.6 is 0 Å². The zero-order valence-electron chi connectivity index (χ0n) is 20.3. The van der Waals surface area contributed by atoms with E-state index in [0.29, 0.717) is 25.2 Å². The van der Waals surface area contributed by atoms with Gasteiger partial charge in [0.15, 0.2) is 0 Å². The van der Waals surface area contributed by atoms with Crippen molar-refractivity contribution in [2.24, 2.45) is 0 Å². The van der Waals surface area contributed by atoms with Gasteiger partial charge in [0.1, 0.15) is 5.82 Å². The number of esters is 1. The van der Waals surface area contributed by atoms with Crippen LogP contribution in [-0.4, -0.2) is 46.5 Å². The minimum atomic E-state index is -0.348. The highest BCUT2D eigenvalue weighted by Gasteiger charge is 2.42. The van der Waals surface area contributed by atoms with Crippen LogP contribution in [-0.2, 0) is 16.7 Å². The van der Waals surface area contributed by atoms with Gasteiger partial charge in [-0.25, -0.2) is 9.78 Å². The lowest BCUT2D eigenvalue weighted by molar-refractivity contribution is 0.0599. The van der Waals surface area contributed by atoms with Gasteiger partial charge in [-0.3, -0.25) is 4.79 Å². The van der Waals surface area contributed by atoms with Crippen molar-refractivity contribution in [1.29, 1.82) is 0 Å². The van der Waals surface area contributed by atoms with Gasteiger partial charge in [-0.1, -0.05) is 60.7 Å². The van der Waals surface area contributed by atoms with Crippen LogP contribution in [0.5, 0.6) is 0 Å². The summed E-state index contributed by atoms with van der Waals surface area (Å²) in [5.41, 5.74) is 3.13. The fourth-order valence-corrected chi connectivity index (χ4v) is 5.22. The molecule has 1 aliphatic rings. The second-order valence-corrected chi connectivity index (χ2v) is 9.18. The Hall–Kier alpha value is -4.19. The van der Waals surface area contributed by atoms with E-state index >= 15 is 0 Å². The smallest absolute Gasteiger partial charge is 0.337 e. The number of carbonyl (C=O) groups excluding carboxylic acids is 2. The number of imidazole rings is 1. The number of benzene rings is 3. The molecular formula is C30H29N3O3. The molecule has 2 heterocycles. The molecular weight excluding hydrogens is 450 g/mol.